The van der Waals surface area contributed by atoms with Crippen LogP contribution < -0.4 is 5.73 Å². The van der Waals surface area contributed by atoms with E-state index in [1.807, 2.05) is 37.3 Å². The van der Waals surface area contributed by atoms with Crippen LogP contribution >= 0.6 is 0 Å². The minimum atomic E-state index is -0.726. The van der Waals surface area contributed by atoms with Gasteiger partial charge in [0.25, 0.3) is 0 Å². The predicted molar refractivity (Wildman–Crippen MR) is 66.7 cm³/mol. The van der Waals surface area contributed by atoms with Gasteiger partial charge in [-0.3, -0.25) is 9.59 Å². The maximum atomic E-state index is 12.1. The molecule has 0 aromatic heterocycles. The van der Waals surface area contributed by atoms with Crippen molar-refractivity contribution in [1.82, 2.24) is 0 Å². The van der Waals surface area contributed by atoms with E-state index in [2.05, 4.69) is 0 Å². The molecule has 0 bridgehead atoms. The molecule has 1 aliphatic rings. The van der Waals surface area contributed by atoms with Crippen molar-refractivity contribution in [2.45, 2.75) is 25.2 Å². The van der Waals surface area contributed by atoms with Crippen molar-refractivity contribution in [2.24, 2.45) is 11.7 Å². The van der Waals surface area contributed by atoms with Gasteiger partial charge in [-0.2, -0.15) is 0 Å². The maximum Gasteiger partial charge on any atom is 0.316 e. The lowest BCUT2D eigenvalue weighted by atomic mass is 9.69. The van der Waals surface area contributed by atoms with Crippen LogP contribution in [-0.2, 0) is 19.7 Å². The lowest BCUT2D eigenvalue weighted by Gasteiger charge is -2.29. The van der Waals surface area contributed by atoms with E-state index in [0.29, 0.717) is 13.0 Å². The number of carbonyl (C=O) groups excluding carboxylic acids is 2. The van der Waals surface area contributed by atoms with Crippen LogP contribution in [0.3, 0.4) is 0 Å². The third-order valence-corrected chi connectivity index (χ3v) is 3.72. The van der Waals surface area contributed by atoms with E-state index in [1.54, 1.807) is 0 Å². The number of ether oxygens (including phenoxy) is 1. The van der Waals surface area contributed by atoms with Crippen LogP contribution in [0.25, 0.3) is 0 Å². The molecule has 4 nitrogen and oxygen atoms in total. The normalized spacial score (nSPS) is 26.9. The molecule has 2 N–H and O–H groups in total. The fourth-order valence-electron chi connectivity index (χ4n) is 2.62. The van der Waals surface area contributed by atoms with Gasteiger partial charge in [0.2, 0.25) is 5.91 Å². The molecule has 2 unspecified atom stereocenters. The minimum absolute atomic E-state index is 0.0479. The van der Waals surface area contributed by atoms with E-state index < -0.39 is 11.3 Å². The molecule has 0 saturated carbocycles. The van der Waals surface area contributed by atoms with Gasteiger partial charge in [0.05, 0.1) is 12.0 Å². The summed E-state index contributed by atoms with van der Waals surface area (Å²) in [5.74, 6) is -0.591. The van der Waals surface area contributed by atoms with E-state index in [1.165, 1.54) is 0 Å². The van der Waals surface area contributed by atoms with E-state index in [0.717, 1.165) is 5.56 Å². The number of hydrogen-bond acceptors (Lipinski definition) is 3. The zero-order valence-electron chi connectivity index (χ0n) is 10.4. The van der Waals surface area contributed by atoms with Crippen molar-refractivity contribution >= 4 is 11.9 Å². The zero-order chi connectivity index (χ0) is 13.2. The highest BCUT2D eigenvalue weighted by atomic mass is 16.5. The van der Waals surface area contributed by atoms with E-state index in [4.69, 9.17) is 10.5 Å². The number of primary amides is 1. The summed E-state index contributed by atoms with van der Waals surface area (Å²) in [5, 5.41) is 0. The number of hydrogen-bond donors (Lipinski definition) is 1. The van der Waals surface area contributed by atoms with Crippen LogP contribution in [0.5, 0.6) is 0 Å². The average Bonchev–Trinajstić information content (AvgIpc) is 2.65. The van der Waals surface area contributed by atoms with Crippen molar-refractivity contribution in [1.29, 1.82) is 0 Å². The standard InChI is InChI=1S/C14H17NO3/c1-10-9-18-13(17)14(10,8-7-12(15)16)11-5-3-2-4-6-11/h2-6,10H,7-9H2,1H3,(H2,15,16). The second-order valence-corrected chi connectivity index (χ2v) is 4.80. The Hall–Kier alpha value is -1.84. The molecule has 1 fully saturated rings. The first-order valence-electron chi connectivity index (χ1n) is 6.08. The van der Waals surface area contributed by atoms with Crippen LogP contribution in [0, 0.1) is 5.92 Å². The van der Waals surface area contributed by atoms with Gasteiger partial charge < -0.3 is 10.5 Å². The predicted octanol–water partition coefficient (Wildman–Crippen LogP) is 1.38. The Labute approximate surface area is 106 Å². The smallest absolute Gasteiger partial charge is 0.316 e. The van der Waals surface area contributed by atoms with Crippen molar-refractivity contribution < 1.29 is 14.3 Å². The molecule has 4 heteroatoms. The maximum absolute atomic E-state index is 12.1. The lowest BCUT2D eigenvalue weighted by molar-refractivity contribution is -0.143. The second-order valence-electron chi connectivity index (χ2n) is 4.80. The molecule has 1 aliphatic heterocycles. The SMILES string of the molecule is CC1COC(=O)C1(CCC(N)=O)c1ccccc1. The Morgan fingerprint density at radius 3 is 2.61 bits per heavy atom. The molecule has 1 saturated heterocycles. The third kappa shape index (κ3) is 1.98. The third-order valence-electron chi connectivity index (χ3n) is 3.72. The number of esters is 1. The summed E-state index contributed by atoms with van der Waals surface area (Å²) >= 11 is 0. The summed E-state index contributed by atoms with van der Waals surface area (Å²) in [6.07, 6.45) is 0.598. The molecule has 1 heterocycles. The molecular formula is C14H17NO3. The highest BCUT2D eigenvalue weighted by molar-refractivity contribution is 5.86. The van der Waals surface area contributed by atoms with E-state index in [-0.39, 0.29) is 18.3 Å². The molecule has 2 atom stereocenters. The van der Waals surface area contributed by atoms with Gasteiger partial charge in [0.1, 0.15) is 0 Å². The first-order valence-corrected chi connectivity index (χ1v) is 6.08. The summed E-state index contributed by atoms with van der Waals surface area (Å²) in [6, 6.07) is 9.49. The van der Waals surface area contributed by atoms with Gasteiger partial charge in [0, 0.05) is 12.3 Å². The van der Waals surface area contributed by atoms with Gasteiger partial charge >= 0.3 is 5.97 Å². The topological polar surface area (TPSA) is 69.4 Å². The average molecular weight is 247 g/mol. The number of carbonyl (C=O) groups is 2. The minimum Gasteiger partial charge on any atom is -0.465 e. The second kappa shape index (κ2) is 4.80. The van der Waals surface area contributed by atoms with Crippen molar-refractivity contribution in [3.05, 3.63) is 35.9 Å². The summed E-state index contributed by atoms with van der Waals surface area (Å²) in [5.41, 5.74) is 5.39. The zero-order valence-corrected chi connectivity index (χ0v) is 10.4. The number of benzene rings is 1. The molecule has 0 radical (unpaired) electrons. The molecule has 96 valence electrons. The number of rotatable bonds is 4. The molecular weight excluding hydrogens is 230 g/mol. The molecule has 1 aromatic rings. The van der Waals surface area contributed by atoms with Crippen molar-refractivity contribution in [3.63, 3.8) is 0 Å². The van der Waals surface area contributed by atoms with Crippen LogP contribution in [0.4, 0.5) is 0 Å². The van der Waals surface area contributed by atoms with Crippen LogP contribution in [0.15, 0.2) is 30.3 Å². The summed E-state index contributed by atoms with van der Waals surface area (Å²) in [6.45, 7) is 2.37. The first kappa shape index (κ1) is 12.6. The van der Waals surface area contributed by atoms with Crippen LogP contribution in [0.1, 0.15) is 25.3 Å². The quantitative estimate of drug-likeness (QED) is 0.817. The Kier molecular flexibility index (Phi) is 3.36. The molecule has 0 spiro atoms. The molecule has 0 aliphatic carbocycles. The van der Waals surface area contributed by atoms with Crippen molar-refractivity contribution in [3.8, 4) is 0 Å². The van der Waals surface area contributed by atoms with Crippen LogP contribution in [0.2, 0.25) is 0 Å². The number of cyclic esters (lactones) is 1. The fraction of sp³-hybridized carbons (Fsp3) is 0.429. The number of amides is 1. The Morgan fingerprint density at radius 1 is 1.44 bits per heavy atom. The van der Waals surface area contributed by atoms with E-state index in [9.17, 15) is 9.59 Å². The molecule has 18 heavy (non-hydrogen) atoms. The molecule has 1 aromatic carbocycles. The monoisotopic (exact) mass is 247 g/mol. The number of nitrogens with two attached hydrogens (primary N) is 1. The van der Waals surface area contributed by atoms with E-state index >= 15 is 0 Å². The summed E-state index contributed by atoms with van der Waals surface area (Å²) in [7, 11) is 0. The van der Waals surface area contributed by atoms with Gasteiger partial charge in [-0.25, -0.2) is 0 Å². The first-order chi connectivity index (χ1) is 8.57. The highest BCUT2D eigenvalue weighted by Gasteiger charge is 2.51. The largest absolute Gasteiger partial charge is 0.465 e. The lowest BCUT2D eigenvalue weighted by Crippen LogP contribution is -2.38. The molecule has 2 rings (SSSR count). The summed E-state index contributed by atoms with van der Waals surface area (Å²) < 4.78 is 5.18. The van der Waals surface area contributed by atoms with Crippen molar-refractivity contribution in [2.75, 3.05) is 6.61 Å². The van der Waals surface area contributed by atoms with Gasteiger partial charge in [-0.15, -0.1) is 0 Å². The van der Waals surface area contributed by atoms with Gasteiger partial charge in [-0.1, -0.05) is 37.3 Å². The van der Waals surface area contributed by atoms with Crippen LogP contribution in [-0.4, -0.2) is 18.5 Å². The summed E-state index contributed by atoms with van der Waals surface area (Å²) in [4.78, 5) is 23.2. The Bertz CT molecular complexity index is 457. The highest BCUT2D eigenvalue weighted by Crippen LogP contribution is 2.42. The van der Waals surface area contributed by atoms with Gasteiger partial charge in [-0.05, 0) is 12.0 Å². The van der Waals surface area contributed by atoms with Gasteiger partial charge in [0.15, 0.2) is 0 Å². The molecule has 1 amide bonds. The Balaban J connectivity index is 2.40. The Morgan fingerprint density at radius 2 is 2.11 bits per heavy atom. The fourth-order valence-corrected chi connectivity index (χ4v) is 2.62.